The standard InChI is InChI=1S/C18H38.C6H14O3P/c1-3-5-7-9-11-13-15-17-18-16-14-12-10-8-6-4-2;1-5(2)8-10(7)9-6(3)4/h3-18H2,1-2H3;5-6H,1-4H3/q;+1. The van der Waals surface area contributed by atoms with Crippen molar-refractivity contribution in [2.24, 2.45) is 0 Å². The molecular formula is C24H52O3P+. The van der Waals surface area contributed by atoms with Gasteiger partial charge in [0.2, 0.25) is 0 Å². The Morgan fingerprint density at radius 1 is 0.500 bits per heavy atom. The zero-order valence-electron chi connectivity index (χ0n) is 20.1. The highest BCUT2D eigenvalue weighted by Crippen LogP contribution is 2.27. The van der Waals surface area contributed by atoms with Crippen molar-refractivity contribution in [2.75, 3.05) is 0 Å². The van der Waals surface area contributed by atoms with Gasteiger partial charge in [0, 0.05) is 4.57 Å². The van der Waals surface area contributed by atoms with Crippen LogP contribution >= 0.6 is 8.25 Å². The Balaban J connectivity index is 0. The van der Waals surface area contributed by atoms with Crippen LogP contribution in [0, 0.1) is 0 Å². The first-order valence-electron chi connectivity index (χ1n) is 12.2. The third kappa shape index (κ3) is 30.7. The molecule has 0 aliphatic heterocycles. The van der Waals surface area contributed by atoms with Crippen molar-refractivity contribution in [3.05, 3.63) is 0 Å². The molecule has 0 aromatic carbocycles. The van der Waals surface area contributed by atoms with E-state index in [-0.39, 0.29) is 12.2 Å². The summed E-state index contributed by atoms with van der Waals surface area (Å²) in [6.07, 6.45) is 23.3. The van der Waals surface area contributed by atoms with Crippen molar-refractivity contribution in [1.82, 2.24) is 0 Å². The fourth-order valence-corrected chi connectivity index (χ4v) is 3.73. The lowest BCUT2D eigenvalue weighted by Gasteiger charge is -2.03. The van der Waals surface area contributed by atoms with Gasteiger partial charge in [0.1, 0.15) is 12.2 Å². The van der Waals surface area contributed by atoms with Gasteiger partial charge in [0.05, 0.1) is 0 Å². The Morgan fingerprint density at radius 2 is 0.714 bits per heavy atom. The SMILES string of the molecule is CC(C)O[P+](=O)OC(C)C.CCCCCCCCCCCCCCCCCC. The summed E-state index contributed by atoms with van der Waals surface area (Å²) in [6, 6.07) is 0. The van der Waals surface area contributed by atoms with E-state index in [9.17, 15) is 4.57 Å². The summed E-state index contributed by atoms with van der Waals surface area (Å²) in [6.45, 7) is 11.9. The molecule has 0 aromatic rings. The topological polar surface area (TPSA) is 35.5 Å². The highest BCUT2D eigenvalue weighted by Gasteiger charge is 2.23. The van der Waals surface area contributed by atoms with E-state index >= 15 is 0 Å². The van der Waals surface area contributed by atoms with Crippen LogP contribution in [-0.4, -0.2) is 12.2 Å². The first-order chi connectivity index (χ1) is 13.4. The van der Waals surface area contributed by atoms with Crippen LogP contribution in [0.15, 0.2) is 0 Å². The van der Waals surface area contributed by atoms with Crippen molar-refractivity contribution in [2.45, 2.75) is 156 Å². The molecule has 0 aliphatic carbocycles. The van der Waals surface area contributed by atoms with Gasteiger partial charge in [0.15, 0.2) is 0 Å². The monoisotopic (exact) mass is 419 g/mol. The molecule has 0 radical (unpaired) electrons. The lowest BCUT2D eigenvalue weighted by Crippen LogP contribution is -2.00. The van der Waals surface area contributed by atoms with Gasteiger partial charge >= 0.3 is 8.25 Å². The van der Waals surface area contributed by atoms with Gasteiger partial charge in [0.25, 0.3) is 0 Å². The summed E-state index contributed by atoms with van der Waals surface area (Å²) >= 11 is 0. The van der Waals surface area contributed by atoms with Gasteiger partial charge in [-0.2, -0.15) is 0 Å². The molecule has 0 saturated carbocycles. The zero-order chi connectivity index (χ0) is 21.5. The third-order valence-electron chi connectivity index (χ3n) is 4.55. The minimum Gasteiger partial charge on any atom is -0.116 e. The van der Waals surface area contributed by atoms with Crippen molar-refractivity contribution in [3.63, 3.8) is 0 Å². The third-order valence-corrected chi connectivity index (χ3v) is 5.74. The van der Waals surface area contributed by atoms with Gasteiger partial charge in [-0.25, -0.2) is 0 Å². The lowest BCUT2D eigenvalue weighted by atomic mass is 10.0. The van der Waals surface area contributed by atoms with E-state index in [0.717, 1.165) is 0 Å². The largest absolute Gasteiger partial charge is 0.697 e. The maximum Gasteiger partial charge on any atom is 0.697 e. The van der Waals surface area contributed by atoms with Crippen LogP contribution < -0.4 is 0 Å². The summed E-state index contributed by atoms with van der Waals surface area (Å²) in [7, 11) is -1.91. The van der Waals surface area contributed by atoms with Gasteiger partial charge in [-0.15, -0.1) is 9.05 Å². The predicted molar refractivity (Wildman–Crippen MR) is 125 cm³/mol. The van der Waals surface area contributed by atoms with E-state index in [0.29, 0.717) is 0 Å². The first-order valence-corrected chi connectivity index (χ1v) is 13.3. The number of unbranched alkanes of at least 4 members (excludes halogenated alkanes) is 15. The molecule has 0 heterocycles. The normalized spacial score (nSPS) is 11.0. The van der Waals surface area contributed by atoms with Gasteiger partial charge < -0.3 is 0 Å². The molecular weight excluding hydrogens is 367 g/mol. The molecule has 0 atom stereocenters. The van der Waals surface area contributed by atoms with Crippen molar-refractivity contribution in [3.8, 4) is 0 Å². The van der Waals surface area contributed by atoms with E-state index in [1.807, 2.05) is 27.7 Å². The molecule has 3 nitrogen and oxygen atoms in total. The average Bonchev–Trinajstić information content (AvgIpc) is 2.61. The minimum absolute atomic E-state index is 0.0395. The number of rotatable bonds is 19. The number of hydrogen-bond acceptors (Lipinski definition) is 3. The molecule has 0 fully saturated rings. The molecule has 0 bridgehead atoms. The Bertz CT molecular complexity index is 278. The Kier molecular flexibility index (Phi) is 27.0. The summed E-state index contributed by atoms with van der Waals surface area (Å²) in [5, 5.41) is 0. The molecule has 0 amide bonds. The van der Waals surface area contributed by atoms with Crippen LogP contribution in [0.4, 0.5) is 0 Å². The highest BCUT2D eigenvalue weighted by atomic mass is 31.1. The average molecular weight is 420 g/mol. The highest BCUT2D eigenvalue weighted by molar-refractivity contribution is 7.33. The zero-order valence-corrected chi connectivity index (χ0v) is 21.0. The molecule has 0 rings (SSSR count). The quantitative estimate of drug-likeness (QED) is 0.154. The van der Waals surface area contributed by atoms with E-state index in [1.54, 1.807) is 0 Å². The first kappa shape index (κ1) is 30.2. The van der Waals surface area contributed by atoms with E-state index in [4.69, 9.17) is 9.05 Å². The molecule has 0 aromatic heterocycles. The Hall–Kier alpha value is 0.0200. The van der Waals surface area contributed by atoms with Gasteiger partial charge in [-0.05, 0) is 27.7 Å². The maximum atomic E-state index is 10.8. The van der Waals surface area contributed by atoms with Crippen LogP contribution in [0.3, 0.4) is 0 Å². The fraction of sp³-hybridized carbons (Fsp3) is 1.00. The van der Waals surface area contributed by atoms with Gasteiger partial charge in [-0.3, -0.25) is 0 Å². The van der Waals surface area contributed by atoms with Crippen molar-refractivity contribution >= 4 is 8.25 Å². The second kappa shape index (κ2) is 25.1. The van der Waals surface area contributed by atoms with Crippen molar-refractivity contribution in [1.29, 1.82) is 0 Å². The van der Waals surface area contributed by atoms with Gasteiger partial charge in [-0.1, -0.05) is 117 Å². The summed E-state index contributed by atoms with van der Waals surface area (Å²) in [5.41, 5.74) is 0. The fourth-order valence-electron chi connectivity index (χ4n) is 2.99. The Labute approximate surface area is 178 Å². The minimum atomic E-state index is -1.91. The molecule has 0 saturated heterocycles. The second-order valence-electron chi connectivity index (χ2n) is 8.48. The van der Waals surface area contributed by atoms with Crippen LogP contribution in [0.25, 0.3) is 0 Å². The van der Waals surface area contributed by atoms with Crippen LogP contribution in [-0.2, 0) is 13.6 Å². The predicted octanol–water partition coefficient (Wildman–Crippen LogP) is 9.76. The molecule has 170 valence electrons. The molecule has 0 unspecified atom stereocenters. The summed E-state index contributed by atoms with van der Waals surface area (Å²) in [4.78, 5) is 0. The molecule has 4 heteroatoms. The smallest absolute Gasteiger partial charge is 0.116 e. The molecule has 0 N–H and O–H groups in total. The molecule has 0 aliphatic rings. The van der Waals surface area contributed by atoms with Crippen molar-refractivity contribution < 1.29 is 13.6 Å². The van der Waals surface area contributed by atoms with Crippen LogP contribution in [0.5, 0.6) is 0 Å². The van der Waals surface area contributed by atoms with E-state index < -0.39 is 8.25 Å². The second-order valence-corrected chi connectivity index (χ2v) is 9.35. The van der Waals surface area contributed by atoms with E-state index in [2.05, 4.69) is 13.8 Å². The van der Waals surface area contributed by atoms with Crippen LogP contribution in [0.1, 0.15) is 144 Å². The molecule has 0 spiro atoms. The summed E-state index contributed by atoms with van der Waals surface area (Å²) < 4.78 is 20.5. The van der Waals surface area contributed by atoms with E-state index in [1.165, 1.54) is 103 Å². The molecule has 28 heavy (non-hydrogen) atoms. The summed E-state index contributed by atoms with van der Waals surface area (Å²) in [5.74, 6) is 0. The number of hydrogen-bond donors (Lipinski definition) is 0. The maximum absolute atomic E-state index is 10.8. The Morgan fingerprint density at radius 3 is 0.893 bits per heavy atom. The lowest BCUT2D eigenvalue weighted by molar-refractivity contribution is 0.161. The van der Waals surface area contributed by atoms with Crippen LogP contribution in [0.2, 0.25) is 0 Å².